The Hall–Kier alpha value is -5.28. The summed E-state index contributed by atoms with van der Waals surface area (Å²) in [5.41, 5.74) is 8.71. The van der Waals surface area contributed by atoms with Gasteiger partial charge in [0.15, 0.2) is 0 Å². The minimum Gasteiger partial charge on any atom is -0.493 e. The van der Waals surface area contributed by atoms with Crippen LogP contribution < -0.4 is 14.9 Å². The third kappa shape index (κ3) is 8.64. The zero-order valence-electron chi connectivity index (χ0n) is 25.1. The van der Waals surface area contributed by atoms with Crippen LogP contribution in [0, 0.1) is 10.8 Å². The summed E-state index contributed by atoms with van der Waals surface area (Å²) in [7, 11) is 0. The highest BCUT2D eigenvalue weighted by molar-refractivity contribution is 7.22. The second kappa shape index (κ2) is 15.4. The molecule has 0 aliphatic heterocycles. The lowest BCUT2D eigenvalue weighted by molar-refractivity contribution is 0.240. The van der Waals surface area contributed by atoms with Gasteiger partial charge in [-0.15, -0.1) is 0 Å². The fraction of sp³-hybridized carbons (Fsp3) is 0.167. The van der Waals surface area contributed by atoms with Crippen LogP contribution in [0.2, 0.25) is 0 Å². The number of nitrogens with one attached hydrogen (secondary N) is 3. The summed E-state index contributed by atoms with van der Waals surface area (Å²) in [6.07, 6.45) is 5.84. The molecule has 0 fully saturated rings. The summed E-state index contributed by atoms with van der Waals surface area (Å²) in [6.45, 7) is 6.50. The Morgan fingerprint density at radius 3 is 2.49 bits per heavy atom. The number of ether oxygens (including phenoxy) is 3. The number of hydrazone groups is 1. The van der Waals surface area contributed by atoms with E-state index in [1.54, 1.807) is 30.5 Å². The summed E-state index contributed by atoms with van der Waals surface area (Å²) in [5, 5.41) is 21.3. The molecule has 0 amide bonds. The number of aryl methyl sites for hydroxylation is 1. The van der Waals surface area contributed by atoms with E-state index in [0.29, 0.717) is 41.8 Å². The molecule has 0 saturated carbocycles. The van der Waals surface area contributed by atoms with Crippen molar-refractivity contribution >= 4 is 44.7 Å². The van der Waals surface area contributed by atoms with Gasteiger partial charge in [-0.05, 0) is 77.7 Å². The number of hydrogen-bond acceptors (Lipinski definition) is 9. The van der Waals surface area contributed by atoms with E-state index in [0.717, 1.165) is 39.7 Å². The fourth-order valence-corrected chi connectivity index (χ4v) is 5.33. The van der Waals surface area contributed by atoms with E-state index in [1.807, 2.05) is 42.5 Å². The molecule has 0 spiro atoms. The van der Waals surface area contributed by atoms with Crippen molar-refractivity contribution in [3.05, 3.63) is 120 Å². The van der Waals surface area contributed by atoms with Crippen molar-refractivity contribution in [3.63, 3.8) is 0 Å². The SMILES string of the molecule is C=CC(=N)OCCCOc1ccc(C(=N)Oc2ccc(-c3ccc(CCC)cc3)cc2/C=N/Nc2nc3ccccc3s2)cc1. The highest BCUT2D eigenvalue weighted by atomic mass is 32.1. The predicted octanol–water partition coefficient (Wildman–Crippen LogP) is 8.71. The highest BCUT2D eigenvalue weighted by Gasteiger charge is 2.11. The summed E-state index contributed by atoms with van der Waals surface area (Å²) < 4.78 is 18.1. The summed E-state index contributed by atoms with van der Waals surface area (Å²) in [5.74, 6) is 1.23. The molecular formula is C36H35N5O3S. The molecule has 5 rings (SSSR count). The van der Waals surface area contributed by atoms with Gasteiger partial charge in [0.25, 0.3) is 0 Å². The van der Waals surface area contributed by atoms with Crippen LogP contribution >= 0.6 is 11.3 Å². The Balaban J connectivity index is 1.29. The molecule has 1 heterocycles. The minimum atomic E-state index is 0.00309. The third-order valence-corrected chi connectivity index (χ3v) is 7.76. The van der Waals surface area contributed by atoms with E-state index in [2.05, 4.69) is 53.3 Å². The average Bonchev–Trinajstić information content (AvgIpc) is 3.49. The first kappa shape index (κ1) is 31.2. The van der Waals surface area contributed by atoms with Gasteiger partial charge in [-0.1, -0.05) is 73.7 Å². The zero-order chi connectivity index (χ0) is 31.4. The van der Waals surface area contributed by atoms with Crippen molar-refractivity contribution in [1.82, 2.24) is 4.98 Å². The summed E-state index contributed by atoms with van der Waals surface area (Å²) in [4.78, 5) is 4.59. The number of fused-ring (bicyclic) bond motifs is 1. The van der Waals surface area contributed by atoms with Gasteiger partial charge in [-0.2, -0.15) is 5.10 Å². The standard InChI is InChI=1S/C36H35N5O3S/c1-3-8-25-11-13-26(14-12-25)28-17-20-32(29(23-28)24-39-41-36-40-31-9-5-6-10-33(31)45-36)44-35(38)27-15-18-30(19-16-27)42-21-7-22-43-34(37)4-2/h4-6,9-20,23-24,37-38H,2-3,7-8,21-22H2,1H3,(H,40,41)/b37-34?,38-35?,39-24+. The van der Waals surface area contributed by atoms with Crippen molar-refractivity contribution in [2.75, 3.05) is 18.6 Å². The minimum absolute atomic E-state index is 0.00309. The molecule has 0 radical (unpaired) electrons. The van der Waals surface area contributed by atoms with Crippen LogP contribution in [0.4, 0.5) is 5.13 Å². The normalized spacial score (nSPS) is 11.0. The lowest BCUT2D eigenvalue weighted by Gasteiger charge is -2.13. The molecule has 9 heteroatoms. The van der Waals surface area contributed by atoms with Gasteiger partial charge in [0.2, 0.25) is 16.9 Å². The Kier molecular flexibility index (Phi) is 10.7. The monoisotopic (exact) mass is 617 g/mol. The van der Waals surface area contributed by atoms with E-state index >= 15 is 0 Å². The molecule has 0 atom stereocenters. The molecule has 0 saturated heterocycles. The molecule has 4 aromatic carbocycles. The molecule has 5 aromatic rings. The number of thiazole rings is 1. The first-order valence-electron chi connectivity index (χ1n) is 14.7. The molecule has 0 aliphatic carbocycles. The average molecular weight is 618 g/mol. The number of aromatic nitrogens is 1. The quantitative estimate of drug-likeness (QED) is 0.0499. The van der Waals surface area contributed by atoms with Gasteiger partial charge >= 0.3 is 0 Å². The van der Waals surface area contributed by atoms with Crippen LogP contribution in [0.15, 0.2) is 109 Å². The Morgan fingerprint density at radius 1 is 0.956 bits per heavy atom. The van der Waals surface area contributed by atoms with E-state index < -0.39 is 0 Å². The number of benzene rings is 4. The molecule has 0 bridgehead atoms. The first-order chi connectivity index (χ1) is 22.0. The van der Waals surface area contributed by atoms with Gasteiger partial charge in [0.05, 0.1) is 29.6 Å². The van der Waals surface area contributed by atoms with Crippen LogP contribution in [0.5, 0.6) is 11.5 Å². The molecular weight excluding hydrogens is 582 g/mol. The Labute approximate surface area is 267 Å². The predicted molar refractivity (Wildman–Crippen MR) is 185 cm³/mol. The van der Waals surface area contributed by atoms with Crippen molar-refractivity contribution in [2.24, 2.45) is 5.10 Å². The second-order valence-electron chi connectivity index (χ2n) is 10.1. The number of nitrogens with zero attached hydrogens (tertiary/aromatic N) is 2. The van der Waals surface area contributed by atoms with Crippen molar-refractivity contribution in [1.29, 1.82) is 10.8 Å². The lowest BCUT2D eigenvalue weighted by atomic mass is 10.0. The van der Waals surface area contributed by atoms with Crippen molar-refractivity contribution in [2.45, 2.75) is 26.2 Å². The topological polar surface area (TPSA) is 113 Å². The summed E-state index contributed by atoms with van der Waals surface area (Å²) >= 11 is 1.53. The maximum absolute atomic E-state index is 8.66. The molecule has 45 heavy (non-hydrogen) atoms. The maximum atomic E-state index is 8.66. The van der Waals surface area contributed by atoms with Crippen LogP contribution in [-0.4, -0.2) is 36.2 Å². The fourth-order valence-electron chi connectivity index (χ4n) is 4.51. The summed E-state index contributed by atoms with van der Waals surface area (Å²) in [6, 6.07) is 29.6. The molecule has 228 valence electrons. The second-order valence-corrected chi connectivity index (χ2v) is 11.2. The van der Waals surface area contributed by atoms with Gasteiger partial charge < -0.3 is 14.2 Å². The van der Waals surface area contributed by atoms with Gasteiger partial charge in [-0.3, -0.25) is 16.2 Å². The van der Waals surface area contributed by atoms with E-state index in [-0.39, 0.29) is 11.8 Å². The molecule has 0 aliphatic rings. The number of hydrogen-bond donors (Lipinski definition) is 3. The highest BCUT2D eigenvalue weighted by Crippen LogP contribution is 2.28. The number of rotatable bonds is 14. The molecule has 0 unspecified atom stereocenters. The van der Waals surface area contributed by atoms with Gasteiger partial charge in [0, 0.05) is 17.5 Å². The molecule has 1 aromatic heterocycles. The van der Waals surface area contributed by atoms with Crippen LogP contribution in [0.3, 0.4) is 0 Å². The van der Waals surface area contributed by atoms with Gasteiger partial charge in [-0.25, -0.2) is 4.98 Å². The Morgan fingerprint density at radius 2 is 1.73 bits per heavy atom. The van der Waals surface area contributed by atoms with Crippen molar-refractivity contribution in [3.8, 4) is 22.6 Å². The number of anilines is 1. The number of para-hydroxylation sites is 1. The maximum Gasteiger partial charge on any atom is 0.219 e. The van der Waals surface area contributed by atoms with Crippen LogP contribution in [0.25, 0.3) is 21.3 Å². The third-order valence-electron chi connectivity index (χ3n) is 6.82. The molecule has 3 N–H and O–H groups in total. The van der Waals surface area contributed by atoms with E-state index in [9.17, 15) is 0 Å². The van der Waals surface area contributed by atoms with Gasteiger partial charge in [0.1, 0.15) is 11.5 Å². The van der Waals surface area contributed by atoms with Crippen LogP contribution in [-0.2, 0) is 11.2 Å². The molecule has 8 nitrogen and oxygen atoms in total. The Bertz CT molecular complexity index is 1760. The van der Waals surface area contributed by atoms with Crippen LogP contribution in [0.1, 0.15) is 36.5 Å². The smallest absolute Gasteiger partial charge is 0.219 e. The van der Waals surface area contributed by atoms with Crippen molar-refractivity contribution < 1.29 is 14.2 Å². The van der Waals surface area contributed by atoms with E-state index in [4.69, 9.17) is 25.0 Å². The zero-order valence-corrected chi connectivity index (χ0v) is 25.9. The first-order valence-corrected chi connectivity index (χ1v) is 15.6. The van der Waals surface area contributed by atoms with E-state index in [1.165, 1.54) is 23.0 Å². The lowest BCUT2D eigenvalue weighted by Crippen LogP contribution is -2.10. The largest absolute Gasteiger partial charge is 0.493 e.